The second-order valence-corrected chi connectivity index (χ2v) is 11.6. The highest BCUT2D eigenvalue weighted by Crippen LogP contribution is 2.29. The van der Waals surface area contributed by atoms with Gasteiger partial charge < -0.3 is 5.32 Å². The number of rotatable bonds is 6. The van der Waals surface area contributed by atoms with Gasteiger partial charge in [-0.3, -0.25) is 9.69 Å². The second-order valence-electron chi connectivity index (χ2n) is 9.30. The van der Waals surface area contributed by atoms with Crippen LogP contribution in [0.3, 0.4) is 0 Å². The van der Waals surface area contributed by atoms with Crippen molar-refractivity contribution in [3.8, 4) is 0 Å². The van der Waals surface area contributed by atoms with Gasteiger partial charge >= 0.3 is 0 Å². The van der Waals surface area contributed by atoms with Gasteiger partial charge in [-0.25, -0.2) is 8.42 Å². The summed E-state index contributed by atoms with van der Waals surface area (Å²) in [5.41, 5.74) is 0.166. The van der Waals surface area contributed by atoms with Crippen molar-refractivity contribution >= 4 is 27.5 Å². The van der Waals surface area contributed by atoms with E-state index in [4.69, 9.17) is 11.6 Å². The molecule has 0 aromatic heterocycles. The van der Waals surface area contributed by atoms with Crippen LogP contribution < -0.4 is 5.32 Å². The summed E-state index contributed by atoms with van der Waals surface area (Å²) in [7, 11) is -3.73. The Morgan fingerprint density at radius 3 is 2.53 bits per heavy atom. The second kappa shape index (κ2) is 9.55. The van der Waals surface area contributed by atoms with Crippen LogP contribution in [0.25, 0.3) is 0 Å². The third-order valence-corrected chi connectivity index (χ3v) is 8.67. The molecule has 1 atom stereocenters. The van der Waals surface area contributed by atoms with Crippen molar-refractivity contribution in [3.63, 3.8) is 0 Å². The number of benzene rings is 1. The topological polar surface area (TPSA) is 69.7 Å². The lowest BCUT2D eigenvalue weighted by Crippen LogP contribution is -2.53. The standard InChI is InChI=1S/C22H34ClN3O3S/c1-17-8-7-13-26(15-17)30(28,29)20-14-18(9-10-19(20)23)21(27)24-16-22(2,3)25-11-5-4-6-12-25/h9-10,14,17H,4-8,11-13,15-16H2,1-3H3,(H,24,27). The predicted molar refractivity (Wildman–Crippen MR) is 120 cm³/mol. The molecule has 2 heterocycles. The minimum absolute atomic E-state index is 0.0150. The van der Waals surface area contributed by atoms with Gasteiger partial charge in [-0.15, -0.1) is 0 Å². The van der Waals surface area contributed by atoms with Gasteiger partial charge in [0.1, 0.15) is 4.90 Å². The lowest BCUT2D eigenvalue weighted by Gasteiger charge is -2.41. The number of nitrogens with zero attached hydrogens (tertiary/aromatic N) is 2. The number of halogens is 1. The van der Waals surface area contributed by atoms with E-state index >= 15 is 0 Å². The number of carbonyl (C=O) groups is 1. The van der Waals surface area contributed by atoms with Crippen molar-refractivity contribution in [1.82, 2.24) is 14.5 Å². The maximum absolute atomic E-state index is 13.2. The molecule has 1 aromatic carbocycles. The van der Waals surface area contributed by atoms with Crippen LogP contribution in [-0.4, -0.2) is 61.8 Å². The molecule has 8 heteroatoms. The predicted octanol–water partition coefficient (Wildman–Crippen LogP) is 3.75. The molecular weight excluding hydrogens is 422 g/mol. The molecule has 1 amide bonds. The van der Waals surface area contributed by atoms with Gasteiger partial charge in [0.2, 0.25) is 10.0 Å². The van der Waals surface area contributed by atoms with Gasteiger partial charge in [0.05, 0.1) is 5.02 Å². The third-order valence-electron chi connectivity index (χ3n) is 6.32. The number of piperidine rings is 2. The molecular formula is C22H34ClN3O3S. The summed E-state index contributed by atoms with van der Waals surface area (Å²) in [5.74, 6) is 0.0380. The van der Waals surface area contributed by atoms with Gasteiger partial charge in [0, 0.05) is 30.7 Å². The summed E-state index contributed by atoms with van der Waals surface area (Å²) in [5, 5.41) is 3.14. The van der Waals surface area contributed by atoms with Crippen LogP contribution in [-0.2, 0) is 10.0 Å². The first-order chi connectivity index (χ1) is 14.1. The van der Waals surface area contributed by atoms with Gasteiger partial charge in [-0.2, -0.15) is 4.31 Å². The van der Waals surface area contributed by atoms with Crippen LogP contribution in [0.4, 0.5) is 0 Å². The van der Waals surface area contributed by atoms with E-state index in [1.165, 1.54) is 35.7 Å². The molecule has 30 heavy (non-hydrogen) atoms. The van der Waals surface area contributed by atoms with E-state index in [1.807, 2.05) is 0 Å². The Kier molecular flexibility index (Phi) is 7.49. The first kappa shape index (κ1) is 23.5. The number of likely N-dealkylation sites (tertiary alicyclic amines) is 1. The number of sulfonamides is 1. The average molecular weight is 456 g/mol. The highest BCUT2D eigenvalue weighted by atomic mass is 35.5. The first-order valence-electron chi connectivity index (χ1n) is 10.9. The van der Waals surface area contributed by atoms with Crippen molar-refractivity contribution in [1.29, 1.82) is 0 Å². The molecule has 0 saturated carbocycles. The molecule has 0 radical (unpaired) electrons. The van der Waals surface area contributed by atoms with E-state index < -0.39 is 10.0 Å². The molecule has 1 N–H and O–H groups in total. The Labute approximate surface area is 186 Å². The molecule has 2 aliphatic rings. The molecule has 2 aliphatic heterocycles. The van der Waals surface area contributed by atoms with Gasteiger partial charge in [0.25, 0.3) is 5.91 Å². The molecule has 1 aromatic rings. The fourth-order valence-electron chi connectivity index (χ4n) is 4.36. The third kappa shape index (κ3) is 5.36. The van der Waals surface area contributed by atoms with Crippen molar-refractivity contribution in [2.24, 2.45) is 5.92 Å². The molecule has 1 unspecified atom stereocenters. The Morgan fingerprint density at radius 2 is 1.87 bits per heavy atom. The van der Waals surface area contributed by atoms with E-state index in [9.17, 15) is 13.2 Å². The molecule has 6 nitrogen and oxygen atoms in total. The maximum atomic E-state index is 13.2. The van der Waals surface area contributed by atoms with E-state index in [2.05, 4.69) is 31.0 Å². The van der Waals surface area contributed by atoms with Gasteiger partial charge in [0.15, 0.2) is 0 Å². The molecule has 0 aliphatic carbocycles. The minimum Gasteiger partial charge on any atom is -0.350 e. The summed E-state index contributed by atoms with van der Waals surface area (Å²) < 4.78 is 27.8. The monoisotopic (exact) mass is 455 g/mol. The molecule has 168 valence electrons. The summed E-state index contributed by atoms with van der Waals surface area (Å²) >= 11 is 6.25. The first-order valence-corrected chi connectivity index (χ1v) is 12.8. The number of amides is 1. The van der Waals surface area contributed by atoms with Crippen LogP contribution in [0.2, 0.25) is 5.02 Å². The average Bonchev–Trinajstić information content (AvgIpc) is 2.73. The number of hydrogen-bond donors (Lipinski definition) is 1. The number of carbonyl (C=O) groups excluding carboxylic acids is 1. The zero-order valence-corrected chi connectivity index (χ0v) is 19.9. The normalized spacial score (nSPS) is 22.1. The fourth-order valence-corrected chi connectivity index (χ4v) is 6.45. The molecule has 3 rings (SSSR count). The van der Waals surface area contributed by atoms with E-state index in [-0.39, 0.29) is 21.4 Å². The zero-order chi connectivity index (χ0) is 21.9. The Morgan fingerprint density at radius 1 is 1.17 bits per heavy atom. The van der Waals surface area contributed by atoms with E-state index in [1.54, 1.807) is 6.07 Å². The van der Waals surface area contributed by atoms with Gasteiger partial charge in [-0.1, -0.05) is 24.9 Å². The summed E-state index contributed by atoms with van der Waals surface area (Å²) in [6.45, 7) is 9.88. The Hall–Kier alpha value is -1.15. The Bertz CT molecular complexity index is 866. The highest BCUT2D eigenvalue weighted by Gasteiger charge is 2.32. The number of nitrogens with one attached hydrogen (secondary N) is 1. The minimum atomic E-state index is -3.73. The Balaban J connectivity index is 1.73. The van der Waals surface area contributed by atoms with Crippen LogP contribution in [0.1, 0.15) is 63.2 Å². The van der Waals surface area contributed by atoms with E-state index in [0.717, 1.165) is 25.9 Å². The zero-order valence-electron chi connectivity index (χ0n) is 18.3. The maximum Gasteiger partial charge on any atom is 0.251 e. The molecule has 2 fully saturated rings. The highest BCUT2D eigenvalue weighted by molar-refractivity contribution is 7.89. The van der Waals surface area contributed by atoms with Crippen molar-refractivity contribution < 1.29 is 13.2 Å². The van der Waals surface area contributed by atoms with Crippen molar-refractivity contribution in [3.05, 3.63) is 28.8 Å². The lowest BCUT2D eigenvalue weighted by atomic mass is 9.98. The quantitative estimate of drug-likeness (QED) is 0.709. The lowest BCUT2D eigenvalue weighted by molar-refractivity contribution is 0.0797. The van der Waals surface area contributed by atoms with Crippen LogP contribution >= 0.6 is 11.6 Å². The van der Waals surface area contributed by atoms with Crippen molar-refractivity contribution in [2.45, 2.75) is 63.3 Å². The summed E-state index contributed by atoms with van der Waals surface area (Å²) in [6, 6.07) is 4.51. The van der Waals surface area contributed by atoms with Crippen LogP contribution in [0.5, 0.6) is 0 Å². The van der Waals surface area contributed by atoms with Crippen molar-refractivity contribution in [2.75, 3.05) is 32.7 Å². The van der Waals surface area contributed by atoms with E-state index in [0.29, 0.717) is 31.1 Å². The molecule has 2 saturated heterocycles. The SMILES string of the molecule is CC1CCCN(S(=O)(=O)c2cc(C(=O)NCC(C)(C)N3CCCCC3)ccc2Cl)C1. The van der Waals surface area contributed by atoms with Gasteiger partial charge in [-0.05, 0) is 76.7 Å². The number of hydrogen-bond acceptors (Lipinski definition) is 4. The largest absolute Gasteiger partial charge is 0.350 e. The summed E-state index contributed by atoms with van der Waals surface area (Å²) in [4.78, 5) is 15.2. The fraction of sp³-hybridized carbons (Fsp3) is 0.682. The van der Waals surface area contributed by atoms with Crippen LogP contribution in [0, 0.1) is 5.92 Å². The smallest absolute Gasteiger partial charge is 0.251 e. The molecule has 0 bridgehead atoms. The molecule has 0 spiro atoms. The summed E-state index contributed by atoms with van der Waals surface area (Å²) in [6.07, 6.45) is 5.49. The van der Waals surface area contributed by atoms with Crippen LogP contribution in [0.15, 0.2) is 23.1 Å².